The van der Waals surface area contributed by atoms with E-state index >= 15 is 0 Å². The predicted octanol–water partition coefficient (Wildman–Crippen LogP) is 1.46. The molecule has 0 aromatic heterocycles. The molecule has 1 fully saturated rings. The van der Waals surface area contributed by atoms with Gasteiger partial charge in [-0.3, -0.25) is 4.79 Å². The van der Waals surface area contributed by atoms with Crippen molar-refractivity contribution in [3.63, 3.8) is 0 Å². The number of halogens is 1. The van der Waals surface area contributed by atoms with Crippen molar-refractivity contribution < 1.29 is 19.1 Å². The van der Waals surface area contributed by atoms with Crippen LogP contribution in [-0.2, 0) is 4.79 Å². The molecule has 0 spiro atoms. The highest BCUT2D eigenvalue weighted by Crippen LogP contribution is 2.17. The molecule has 1 aliphatic rings. The zero-order chi connectivity index (χ0) is 13.8. The van der Waals surface area contributed by atoms with Crippen molar-refractivity contribution in [1.82, 2.24) is 5.32 Å². The van der Waals surface area contributed by atoms with E-state index < -0.39 is 17.3 Å². The molecule has 1 atom stereocenters. The van der Waals surface area contributed by atoms with Gasteiger partial charge in [0.05, 0.1) is 11.5 Å². The smallest absolute Gasteiger partial charge is 0.338 e. The van der Waals surface area contributed by atoms with E-state index in [1.807, 2.05) is 0 Å². The van der Waals surface area contributed by atoms with Crippen LogP contribution >= 0.6 is 0 Å². The molecule has 0 saturated carbocycles. The maximum Gasteiger partial charge on any atom is 0.338 e. The maximum atomic E-state index is 13.4. The summed E-state index contributed by atoms with van der Waals surface area (Å²) < 4.78 is 13.4. The minimum atomic E-state index is -1.33. The average molecular weight is 266 g/mol. The van der Waals surface area contributed by atoms with Crippen LogP contribution in [0.5, 0.6) is 0 Å². The molecule has 1 saturated heterocycles. The normalized spacial score (nSPS) is 18.9. The molecule has 19 heavy (non-hydrogen) atoms. The Morgan fingerprint density at radius 1 is 1.42 bits per heavy atom. The summed E-state index contributed by atoms with van der Waals surface area (Å²) in [6.07, 6.45) is 1.74. The number of aromatic carboxylic acids is 1. The average Bonchev–Trinajstić information content (AvgIpc) is 2.39. The molecule has 3 N–H and O–H groups in total. The first-order valence-corrected chi connectivity index (χ1v) is 6.12. The second-order valence-corrected chi connectivity index (χ2v) is 4.53. The lowest BCUT2D eigenvalue weighted by atomic mass is 9.99. The number of amides is 1. The van der Waals surface area contributed by atoms with Crippen molar-refractivity contribution >= 4 is 17.6 Å². The number of nitrogens with one attached hydrogen (secondary N) is 2. The Morgan fingerprint density at radius 3 is 2.79 bits per heavy atom. The maximum absolute atomic E-state index is 13.4. The summed E-state index contributed by atoms with van der Waals surface area (Å²) in [5.41, 5.74) is -0.129. The second kappa shape index (κ2) is 5.79. The van der Waals surface area contributed by atoms with E-state index in [4.69, 9.17) is 5.11 Å². The summed E-state index contributed by atoms with van der Waals surface area (Å²) in [5.74, 6) is -2.48. The molecule has 0 bridgehead atoms. The number of carbonyl (C=O) groups excluding carboxylic acids is 1. The summed E-state index contributed by atoms with van der Waals surface area (Å²) in [4.78, 5) is 22.6. The van der Waals surface area contributed by atoms with Gasteiger partial charge in [-0.1, -0.05) is 0 Å². The molecular formula is C13H15FN2O3. The molecule has 1 aromatic rings. The van der Waals surface area contributed by atoms with Crippen molar-refractivity contribution in [2.24, 2.45) is 5.92 Å². The van der Waals surface area contributed by atoms with Gasteiger partial charge >= 0.3 is 5.97 Å². The molecule has 1 aliphatic heterocycles. The van der Waals surface area contributed by atoms with Crippen LogP contribution in [0.3, 0.4) is 0 Å². The Labute approximate surface area is 109 Å². The van der Waals surface area contributed by atoms with Crippen molar-refractivity contribution in [2.75, 3.05) is 18.4 Å². The minimum Gasteiger partial charge on any atom is -0.478 e. The molecular weight excluding hydrogens is 251 g/mol. The van der Waals surface area contributed by atoms with Gasteiger partial charge in [0.15, 0.2) is 0 Å². The number of anilines is 1. The van der Waals surface area contributed by atoms with Gasteiger partial charge in [0.2, 0.25) is 5.91 Å². The van der Waals surface area contributed by atoms with Crippen molar-refractivity contribution in [2.45, 2.75) is 12.8 Å². The van der Waals surface area contributed by atoms with Crippen molar-refractivity contribution in [1.29, 1.82) is 0 Å². The topological polar surface area (TPSA) is 78.4 Å². The van der Waals surface area contributed by atoms with Crippen LogP contribution in [0.1, 0.15) is 23.2 Å². The molecule has 1 amide bonds. The predicted molar refractivity (Wildman–Crippen MR) is 67.6 cm³/mol. The highest BCUT2D eigenvalue weighted by Gasteiger charge is 2.21. The standard InChI is InChI=1S/C13H15FN2O3/c14-11-6-9(3-4-10(11)13(18)19)16-12(17)8-2-1-5-15-7-8/h3-4,6,8,15H,1-2,5,7H2,(H,16,17)(H,18,19)/t8-/m0/s1. The molecule has 6 heteroatoms. The van der Waals surface area contributed by atoms with E-state index in [9.17, 15) is 14.0 Å². The Kier molecular flexibility index (Phi) is 4.11. The van der Waals surface area contributed by atoms with Crippen molar-refractivity contribution in [3.05, 3.63) is 29.6 Å². The Hall–Kier alpha value is -1.95. The molecule has 1 aromatic carbocycles. The molecule has 5 nitrogen and oxygen atoms in total. The fourth-order valence-electron chi connectivity index (χ4n) is 2.09. The molecule has 1 heterocycles. The first-order chi connectivity index (χ1) is 9.08. The largest absolute Gasteiger partial charge is 0.478 e. The zero-order valence-corrected chi connectivity index (χ0v) is 10.3. The van der Waals surface area contributed by atoms with Crippen LogP contribution in [0.2, 0.25) is 0 Å². The lowest BCUT2D eigenvalue weighted by Gasteiger charge is -2.21. The highest BCUT2D eigenvalue weighted by molar-refractivity contribution is 5.94. The van der Waals surface area contributed by atoms with E-state index in [1.54, 1.807) is 0 Å². The monoisotopic (exact) mass is 266 g/mol. The number of hydrogen-bond acceptors (Lipinski definition) is 3. The quantitative estimate of drug-likeness (QED) is 0.774. The number of carboxylic acids is 1. The molecule has 2 rings (SSSR count). The lowest BCUT2D eigenvalue weighted by molar-refractivity contribution is -0.120. The summed E-state index contributed by atoms with van der Waals surface area (Å²) >= 11 is 0. The number of carboxylic acid groups (broad SMARTS) is 1. The fraction of sp³-hybridized carbons (Fsp3) is 0.385. The Bertz CT molecular complexity index is 499. The van der Waals surface area contributed by atoms with Gasteiger partial charge in [-0.25, -0.2) is 9.18 Å². The molecule has 0 radical (unpaired) electrons. The Balaban J connectivity index is 2.04. The van der Waals surface area contributed by atoms with Gasteiger partial charge < -0.3 is 15.7 Å². The molecule has 102 valence electrons. The third-order valence-electron chi connectivity index (χ3n) is 3.13. The van der Waals surface area contributed by atoms with E-state index in [1.165, 1.54) is 6.07 Å². The molecule has 0 unspecified atom stereocenters. The van der Waals surface area contributed by atoms with E-state index in [0.29, 0.717) is 6.54 Å². The van der Waals surface area contributed by atoms with Crippen LogP contribution in [0, 0.1) is 11.7 Å². The van der Waals surface area contributed by atoms with Crippen LogP contribution < -0.4 is 10.6 Å². The lowest BCUT2D eigenvalue weighted by Crippen LogP contribution is -2.37. The summed E-state index contributed by atoms with van der Waals surface area (Å²) in [7, 11) is 0. The number of rotatable bonds is 3. The number of benzene rings is 1. The van der Waals surface area contributed by atoms with E-state index in [0.717, 1.165) is 31.5 Å². The van der Waals surface area contributed by atoms with E-state index in [2.05, 4.69) is 10.6 Å². The van der Waals surface area contributed by atoms with E-state index in [-0.39, 0.29) is 17.5 Å². The number of hydrogen-bond donors (Lipinski definition) is 3. The van der Waals surface area contributed by atoms with Gasteiger partial charge in [-0.05, 0) is 37.6 Å². The summed E-state index contributed by atoms with van der Waals surface area (Å²) in [6, 6.07) is 3.56. The van der Waals surface area contributed by atoms with Gasteiger partial charge in [-0.15, -0.1) is 0 Å². The van der Waals surface area contributed by atoms with Gasteiger partial charge in [0.25, 0.3) is 0 Å². The zero-order valence-electron chi connectivity index (χ0n) is 10.3. The highest BCUT2D eigenvalue weighted by atomic mass is 19.1. The SMILES string of the molecule is O=C(O)c1ccc(NC(=O)[C@H]2CCCNC2)cc1F. The first-order valence-electron chi connectivity index (χ1n) is 6.12. The third kappa shape index (κ3) is 3.29. The number of carbonyl (C=O) groups is 2. The number of piperidine rings is 1. The summed E-state index contributed by atoms with van der Waals surface area (Å²) in [6.45, 7) is 1.52. The second-order valence-electron chi connectivity index (χ2n) is 4.53. The van der Waals surface area contributed by atoms with Gasteiger partial charge in [-0.2, -0.15) is 0 Å². The minimum absolute atomic E-state index is 0.129. The van der Waals surface area contributed by atoms with Crippen LogP contribution in [0.4, 0.5) is 10.1 Å². The first kappa shape index (κ1) is 13.5. The summed E-state index contributed by atoms with van der Waals surface area (Å²) in [5, 5.41) is 14.4. The fourth-order valence-corrected chi connectivity index (χ4v) is 2.09. The third-order valence-corrected chi connectivity index (χ3v) is 3.13. The molecule has 0 aliphatic carbocycles. The van der Waals surface area contributed by atoms with Crippen LogP contribution in [0.25, 0.3) is 0 Å². The van der Waals surface area contributed by atoms with Gasteiger partial charge in [0, 0.05) is 12.2 Å². The van der Waals surface area contributed by atoms with Crippen molar-refractivity contribution in [3.8, 4) is 0 Å². The van der Waals surface area contributed by atoms with Crippen LogP contribution in [-0.4, -0.2) is 30.1 Å². The Morgan fingerprint density at radius 2 is 2.21 bits per heavy atom. The van der Waals surface area contributed by atoms with Gasteiger partial charge in [0.1, 0.15) is 5.82 Å². The van der Waals surface area contributed by atoms with Crippen LogP contribution in [0.15, 0.2) is 18.2 Å².